The summed E-state index contributed by atoms with van der Waals surface area (Å²) in [5, 5.41) is 3.55. The van der Waals surface area contributed by atoms with E-state index >= 15 is 0 Å². The Labute approximate surface area is 199 Å². The third-order valence-electron chi connectivity index (χ3n) is 4.98. The molecule has 0 saturated carbocycles. The third-order valence-corrected chi connectivity index (χ3v) is 6.79. The van der Waals surface area contributed by atoms with Crippen molar-refractivity contribution in [1.29, 1.82) is 0 Å². The second-order valence-electron chi connectivity index (χ2n) is 7.32. The van der Waals surface area contributed by atoms with E-state index < -0.39 is 16.1 Å². The Morgan fingerprint density at radius 1 is 1.06 bits per heavy atom. The minimum absolute atomic E-state index is 0.0609. The molecule has 0 aliphatic carbocycles. The summed E-state index contributed by atoms with van der Waals surface area (Å²) in [5.41, 5.74) is 1.19. The average Bonchev–Trinajstić information content (AvgIpc) is 2.75. The van der Waals surface area contributed by atoms with Crippen LogP contribution < -0.4 is 9.62 Å². The van der Waals surface area contributed by atoms with Gasteiger partial charge in [-0.15, -0.1) is 0 Å². The summed E-state index contributed by atoms with van der Waals surface area (Å²) in [6.45, 7) is 1.92. The summed E-state index contributed by atoms with van der Waals surface area (Å²) < 4.78 is 25.8. The molecule has 0 fully saturated rings. The van der Waals surface area contributed by atoms with E-state index in [9.17, 15) is 18.0 Å². The van der Waals surface area contributed by atoms with Gasteiger partial charge >= 0.3 is 0 Å². The number of carbonyl (C=O) groups is 2. The molecule has 0 saturated heterocycles. The highest BCUT2D eigenvalue weighted by atomic mass is 35.5. The van der Waals surface area contributed by atoms with E-state index in [0.717, 1.165) is 11.8 Å². The van der Waals surface area contributed by atoms with Crippen molar-refractivity contribution in [1.82, 2.24) is 10.2 Å². The fourth-order valence-electron chi connectivity index (χ4n) is 3.21. The SMILES string of the molecule is CNC(=O)C(C)N(Cc1ccccc1Cl)C(=O)CCCN(c1ccc(Cl)cc1)S(C)(=O)=O. The van der Waals surface area contributed by atoms with E-state index in [0.29, 0.717) is 15.7 Å². The highest BCUT2D eigenvalue weighted by molar-refractivity contribution is 7.92. The molecule has 0 spiro atoms. The molecule has 174 valence electrons. The molecule has 2 rings (SSSR count). The number of anilines is 1. The molecule has 0 aliphatic rings. The van der Waals surface area contributed by atoms with Crippen LogP contribution in [0, 0.1) is 0 Å². The smallest absolute Gasteiger partial charge is 0.242 e. The van der Waals surface area contributed by atoms with E-state index in [1.807, 2.05) is 6.07 Å². The number of benzene rings is 2. The Hall–Kier alpha value is -2.29. The predicted molar refractivity (Wildman–Crippen MR) is 128 cm³/mol. The topological polar surface area (TPSA) is 86.8 Å². The lowest BCUT2D eigenvalue weighted by Crippen LogP contribution is -2.46. The van der Waals surface area contributed by atoms with Gasteiger partial charge in [-0.2, -0.15) is 0 Å². The van der Waals surface area contributed by atoms with Gasteiger partial charge in [0.25, 0.3) is 0 Å². The first-order chi connectivity index (χ1) is 15.0. The lowest BCUT2D eigenvalue weighted by Gasteiger charge is -2.29. The van der Waals surface area contributed by atoms with E-state index in [-0.39, 0.29) is 37.7 Å². The molecule has 0 aliphatic heterocycles. The Kier molecular flexibility index (Phi) is 9.36. The number of hydrogen-bond donors (Lipinski definition) is 1. The van der Waals surface area contributed by atoms with Crippen molar-refractivity contribution in [2.45, 2.75) is 32.4 Å². The molecular formula is C22H27Cl2N3O4S. The molecule has 2 aromatic carbocycles. The molecule has 32 heavy (non-hydrogen) atoms. The van der Waals surface area contributed by atoms with Crippen LogP contribution in [0.2, 0.25) is 10.0 Å². The Bertz CT molecular complexity index is 1050. The summed E-state index contributed by atoms with van der Waals surface area (Å²) in [6.07, 6.45) is 1.44. The lowest BCUT2D eigenvalue weighted by molar-refractivity contribution is -0.140. The average molecular weight is 500 g/mol. The second kappa shape index (κ2) is 11.5. The van der Waals surface area contributed by atoms with E-state index in [1.54, 1.807) is 49.4 Å². The maximum absolute atomic E-state index is 13.1. The molecular weight excluding hydrogens is 473 g/mol. The van der Waals surface area contributed by atoms with Crippen molar-refractivity contribution in [2.75, 3.05) is 24.2 Å². The number of rotatable bonds is 10. The number of nitrogens with one attached hydrogen (secondary N) is 1. The van der Waals surface area contributed by atoms with Gasteiger partial charge in [-0.1, -0.05) is 41.4 Å². The third kappa shape index (κ3) is 7.12. The van der Waals surface area contributed by atoms with Crippen LogP contribution in [-0.4, -0.2) is 51.0 Å². The number of hydrogen-bond acceptors (Lipinski definition) is 4. The number of likely N-dealkylation sites (N-methyl/N-ethyl adjacent to an activating group) is 1. The Morgan fingerprint density at radius 2 is 1.69 bits per heavy atom. The first-order valence-corrected chi connectivity index (χ1v) is 12.6. The normalized spacial score (nSPS) is 12.2. The van der Waals surface area contributed by atoms with Gasteiger partial charge in [0.15, 0.2) is 0 Å². The summed E-state index contributed by atoms with van der Waals surface area (Å²) in [5.74, 6) is -0.574. The number of carbonyl (C=O) groups excluding carboxylic acids is 2. The molecule has 0 heterocycles. The van der Waals surface area contributed by atoms with Crippen LogP contribution in [0.5, 0.6) is 0 Å². The fraction of sp³-hybridized carbons (Fsp3) is 0.364. The van der Waals surface area contributed by atoms with Crippen LogP contribution >= 0.6 is 23.2 Å². The summed E-state index contributed by atoms with van der Waals surface area (Å²) >= 11 is 12.1. The first-order valence-electron chi connectivity index (χ1n) is 10.0. The van der Waals surface area contributed by atoms with Gasteiger partial charge in [-0.05, 0) is 49.2 Å². The first kappa shape index (κ1) is 26.0. The van der Waals surface area contributed by atoms with Crippen molar-refractivity contribution in [3.63, 3.8) is 0 Å². The summed E-state index contributed by atoms with van der Waals surface area (Å²) in [7, 11) is -2.05. The van der Waals surface area contributed by atoms with E-state index in [1.165, 1.54) is 16.3 Å². The predicted octanol–water partition coefficient (Wildman–Crippen LogP) is 3.70. The minimum Gasteiger partial charge on any atom is -0.357 e. The van der Waals surface area contributed by atoms with Gasteiger partial charge in [0.1, 0.15) is 6.04 Å². The Balaban J connectivity index is 2.14. The maximum atomic E-state index is 13.1. The molecule has 1 unspecified atom stereocenters. The van der Waals surface area contributed by atoms with Crippen LogP contribution in [0.25, 0.3) is 0 Å². The number of sulfonamides is 1. The second-order valence-corrected chi connectivity index (χ2v) is 10.1. The quantitative estimate of drug-likeness (QED) is 0.539. The zero-order valence-electron chi connectivity index (χ0n) is 18.2. The number of nitrogens with zero attached hydrogens (tertiary/aromatic N) is 2. The molecule has 10 heteroatoms. The van der Waals surface area contributed by atoms with Crippen molar-refractivity contribution in [2.24, 2.45) is 0 Å². The van der Waals surface area contributed by atoms with Gasteiger partial charge in [0.2, 0.25) is 21.8 Å². The standard InChI is InChI=1S/C22H27Cl2N3O4S/c1-16(22(29)25-2)26(15-17-7-4-5-8-20(17)24)21(28)9-6-14-27(32(3,30)31)19-12-10-18(23)11-13-19/h4-5,7-8,10-13,16H,6,9,14-15H2,1-3H3,(H,25,29). The van der Waals surface area contributed by atoms with Gasteiger partial charge in [-0.25, -0.2) is 8.42 Å². The molecule has 7 nitrogen and oxygen atoms in total. The molecule has 2 amide bonds. The largest absolute Gasteiger partial charge is 0.357 e. The molecule has 0 bridgehead atoms. The van der Waals surface area contributed by atoms with Crippen LogP contribution in [0.1, 0.15) is 25.3 Å². The monoisotopic (exact) mass is 499 g/mol. The zero-order valence-corrected chi connectivity index (χ0v) is 20.5. The summed E-state index contributed by atoms with van der Waals surface area (Å²) in [6, 6.07) is 12.8. The number of halogens is 2. The van der Waals surface area contributed by atoms with Gasteiger partial charge in [0, 0.05) is 36.6 Å². The molecule has 0 aromatic heterocycles. The lowest BCUT2D eigenvalue weighted by atomic mass is 10.1. The van der Waals surface area contributed by atoms with Crippen molar-refractivity contribution in [3.05, 3.63) is 64.1 Å². The van der Waals surface area contributed by atoms with Crippen LogP contribution in [0.15, 0.2) is 48.5 Å². The van der Waals surface area contributed by atoms with Gasteiger partial charge in [-0.3, -0.25) is 13.9 Å². The molecule has 0 radical (unpaired) electrons. The van der Waals surface area contributed by atoms with Crippen molar-refractivity contribution >= 4 is 50.7 Å². The summed E-state index contributed by atoms with van der Waals surface area (Å²) in [4.78, 5) is 26.7. The molecule has 1 atom stereocenters. The van der Waals surface area contributed by atoms with Crippen molar-refractivity contribution < 1.29 is 18.0 Å². The van der Waals surface area contributed by atoms with Crippen molar-refractivity contribution in [3.8, 4) is 0 Å². The highest BCUT2D eigenvalue weighted by Crippen LogP contribution is 2.22. The van der Waals surface area contributed by atoms with Gasteiger partial charge in [0.05, 0.1) is 11.9 Å². The van der Waals surface area contributed by atoms with Crippen LogP contribution in [-0.2, 0) is 26.2 Å². The maximum Gasteiger partial charge on any atom is 0.242 e. The molecule has 1 N–H and O–H groups in total. The van der Waals surface area contributed by atoms with Gasteiger partial charge < -0.3 is 10.2 Å². The highest BCUT2D eigenvalue weighted by Gasteiger charge is 2.26. The van der Waals surface area contributed by atoms with Crippen LogP contribution in [0.4, 0.5) is 5.69 Å². The fourth-order valence-corrected chi connectivity index (χ4v) is 4.50. The Morgan fingerprint density at radius 3 is 2.25 bits per heavy atom. The van der Waals surface area contributed by atoms with E-state index in [2.05, 4.69) is 5.32 Å². The zero-order chi connectivity index (χ0) is 23.9. The minimum atomic E-state index is -3.55. The molecule has 2 aromatic rings. The van der Waals surface area contributed by atoms with E-state index in [4.69, 9.17) is 23.2 Å². The number of amides is 2. The van der Waals surface area contributed by atoms with Crippen LogP contribution in [0.3, 0.4) is 0 Å².